The van der Waals surface area contributed by atoms with E-state index in [1.165, 1.54) is 23.8 Å². The van der Waals surface area contributed by atoms with Crippen molar-refractivity contribution in [1.29, 1.82) is 0 Å². The predicted octanol–water partition coefficient (Wildman–Crippen LogP) is 6.61. The number of aryl methyl sites for hydroxylation is 2. The van der Waals surface area contributed by atoms with Gasteiger partial charge >= 0.3 is 0 Å². The third-order valence-corrected chi connectivity index (χ3v) is 6.73. The van der Waals surface area contributed by atoms with E-state index >= 15 is 0 Å². The number of imide groups is 1. The Morgan fingerprint density at radius 1 is 0.909 bits per heavy atom. The van der Waals surface area contributed by atoms with Gasteiger partial charge in [-0.3, -0.25) is 9.59 Å². The zero-order valence-corrected chi connectivity index (χ0v) is 20.4. The number of amides is 2. The summed E-state index contributed by atoms with van der Waals surface area (Å²) >= 11 is 13.5. The van der Waals surface area contributed by atoms with E-state index in [-0.39, 0.29) is 10.6 Å². The second-order valence-corrected chi connectivity index (χ2v) is 9.40. The Kier molecular flexibility index (Phi) is 6.70. The minimum absolute atomic E-state index is 0.182. The molecular formula is C25H20Cl2N2O3S. The van der Waals surface area contributed by atoms with E-state index in [1.54, 1.807) is 48.5 Å². The monoisotopic (exact) mass is 498 g/mol. The first kappa shape index (κ1) is 23.2. The number of benzene rings is 3. The first-order valence-corrected chi connectivity index (χ1v) is 11.6. The Bertz CT molecular complexity index is 1290. The van der Waals surface area contributed by atoms with Crippen LogP contribution in [-0.4, -0.2) is 18.9 Å². The topological polar surface area (TPSA) is 58.6 Å². The zero-order chi connectivity index (χ0) is 23.7. The molecule has 1 N–H and O–H groups in total. The number of carbonyl (C=O) groups is 2. The molecule has 5 nitrogen and oxygen atoms in total. The Hall–Kier alpha value is -2.93. The SMILES string of the molecule is COc1ccc(NC2=C(Sc3ccc(Cl)cc3)C(=O)N(c3ccc(C)cc3C)C2=O)cc1Cl. The van der Waals surface area contributed by atoms with Crippen molar-refractivity contribution in [2.24, 2.45) is 0 Å². The summed E-state index contributed by atoms with van der Waals surface area (Å²) in [6.07, 6.45) is 0. The minimum atomic E-state index is -0.435. The molecule has 3 aromatic carbocycles. The molecule has 0 spiro atoms. The highest BCUT2D eigenvalue weighted by Crippen LogP contribution is 2.39. The largest absolute Gasteiger partial charge is 0.495 e. The summed E-state index contributed by atoms with van der Waals surface area (Å²) in [6.45, 7) is 3.84. The lowest BCUT2D eigenvalue weighted by molar-refractivity contribution is -0.120. The number of rotatable bonds is 6. The number of methoxy groups -OCH3 is 1. The third-order valence-electron chi connectivity index (χ3n) is 5.09. The molecule has 0 aliphatic carbocycles. The number of anilines is 2. The molecule has 33 heavy (non-hydrogen) atoms. The quantitative estimate of drug-likeness (QED) is 0.387. The van der Waals surface area contributed by atoms with Crippen LogP contribution in [0, 0.1) is 13.8 Å². The van der Waals surface area contributed by atoms with Gasteiger partial charge in [-0.15, -0.1) is 0 Å². The number of thioether (sulfide) groups is 1. The van der Waals surface area contributed by atoms with Gasteiger partial charge in [0.15, 0.2) is 0 Å². The summed E-state index contributed by atoms with van der Waals surface area (Å²) < 4.78 is 5.20. The van der Waals surface area contributed by atoms with Crippen molar-refractivity contribution in [3.63, 3.8) is 0 Å². The smallest absolute Gasteiger partial charge is 0.283 e. The number of ether oxygens (including phenoxy) is 1. The highest BCUT2D eigenvalue weighted by atomic mass is 35.5. The van der Waals surface area contributed by atoms with Crippen LogP contribution in [0.3, 0.4) is 0 Å². The second kappa shape index (κ2) is 9.51. The fraction of sp³-hybridized carbons (Fsp3) is 0.120. The average molecular weight is 499 g/mol. The van der Waals surface area contributed by atoms with E-state index in [9.17, 15) is 9.59 Å². The summed E-state index contributed by atoms with van der Waals surface area (Å²) in [5.41, 5.74) is 3.18. The molecule has 1 aliphatic heterocycles. The first-order valence-electron chi connectivity index (χ1n) is 10.0. The summed E-state index contributed by atoms with van der Waals surface area (Å²) in [5.74, 6) is -0.318. The van der Waals surface area contributed by atoms with Crippen LogP contribution in [0.25, 0.3) is 0 Å². The molecule has 1 aliphatic rings. The van der Waals surface area contributed by atoms with Crippen molar-refractivity contribution < 1.29 is 14.3 Å². The summed E-state index contributed by atoms with van der Waals surface area (Å²) in [4.78, 5) is 29.3. The zero-order valence-electron chi connectivity index (χ0n) is 18.1. The molecule has 0 bridgehead atoms. The van der Waals surface area contributed by atoms with Crippen LogP contribution in [0.1, 0.15) is 11.1 Å². The molecule has 8 heteroatoms. The first-order chi connectivity index (χ1) is 15.8. The van der Waals surface area contributed by atoms with Gasteiger partial charge in [-0.25, -0.2) is 4.90 Å². The van der Waals surface area contributed by atoms with Gasteiger partial charge in [-0.1, -0.05) is 52.7 Å². The van der Waals surface area contributed by atoms with Crippen molar-refractivity contribution in [1.82, 2.24) is 0 Å². The van der Waals surface area contributed by atoms with E-state index in [0.717, 1.165) is 16.0 Å². The lowest BCUT2D eigenvalue weighted by Gasteiger charge is -2.18. The molecule has 0 atom stereocenters. The van der Waals surface area contributed by atoms with E-state index in [0.29, 0.717) is 27.2 Å². The molecule has 0 saturated heterocycles. The van der Waals surface area contributed by atoms with E-state index in [2.05, 4.69) is 5.32 Å². The standard InChI is InChI=1S/C25H20Cl2N2O3S/c1-14-4-10-20(15(2)12-14)29-24(30)22(28-17-7-11-21(32-3)19(27)13-17)23(25(29)31)33-18-8-5-16(26)6-9-18/h4-13,28H,1-3H3. The van der Waals surface area contributed by atoms with Gasteiger partial charge in [0, 0.05) is 15.6 Å². The van der Waals surface area contributed by atoms with Gasteiger partial charge in [0.25, 0.3) is 11.8 Å². The maximum Gasteiger partial charge on any atom is 0.283 e. The molecule has 0 unspecified atom stereocenters. The molecule has 0 aromatic heterocycles. The fourth-order valence-electron chi connectivity index (χ4n) is 3.50. The van der Waals surface area contributed by atoms with Crippen molar-refractivity contribution in [3.8, 4) is 5.75 Å². The van der Waals surface area contributed by atoms with Crippen LogP contribution < -0.4 is 15.0 Å². The van der Waals surface area contributed by atoms with Gasteiger partial charge < -0.3 is 10.1 Å². The number of carbonyl (C=O) groups excluding carboxylic acids is 2. The van der Waals surface area contributed by atoms with Crippen molar-refractivity contribution in [2.45, 2.75) is 18.7 Å². The second-order valence-electron chi connectivity index (χ2n) is 7.47. The van der Waals surface area contributed by atoms with Crippen LogP contribution in [0.2, 0.25) is 10.0 Å². The lowest BCUT2D eigenvalue weighted by atomic mass is 10.1. The van der Waals surface area contributed by atoms with Gasteiger partial charge in [-0.05, 0) is 67.9 Å². The summed E-state index contributed by atoms with van der Waals surface area (Å²) in [7, 11) is 1.53. The molecule has 0 fully saturated rings. The number of hydrogen-bond acceptors (Lipinski definition) is 5. The molecular weight excluding hydrogens is 479 g/mol. The number of hydrogen-bond donors (Lipinski definition) is 1. The van der Waals surface area contributed by atoms with Gasteiger partial charge in [-0.2, -0.15) is 0 Å². The van der Waals surface area contributed by atoms with Crippen molar-refractivity contribution in [3.05, 3.63) is 92.4 Å². The van der Waals surface area contributed by atoms with E-state index < -0.39 is 11.8 Å². The number of nitrogens with zero attached hydrogens (tertiary/aromatic N) is 1. The van der Waals surface area contributed by atoms with Gasteiger partial charge in [0.2, 0.25) is 0 Å². The molecule has 1 heterocycles. The normalized spacial score (nSPS) is 13.7. The molecule has 3 aromatic rings. The van der Waals surface area contributed by atoms with Crippen LogP contribution >= 0.6 is 35.0 Å². The van der Waals surface area contributed by atoms with Crippen LogP contribution in [0.5, 0.6) is 5.75 Å². The Morgan fingerprint density at radius 3 is 2.27 bits per heavy atom. The maximum absolute atomic E-state index is 13.5. The highest BCUT2D eigenvalue weighted by molar-refractivity contribution is 8.04. The molecule has 0 saturated carbocycles. The molecule has 0 radical (unpaired) electrons. The summed E-state index contributed by atoms with van der Waals surface area (Å²) in [5, 5.41) is 4.08. The van der Waals surface area contributed by atoms with E-state index in [4.69, 9.17) is 27.9 Å². The predicted molar refractivity (Wildman–Crippen MR) is 134 cm³/mol. The minimum Gasteiger partial charge on any atom is -0.495 e. The number of halogens is 2. The van der Waals surface area contributed by atoms with Crippen LogP contribution in [0.4, 0.5) is 11.4 Å². The Labute approximate surface area is 206 Å². The number of nitrogens with one attached hydrogen (secondary N) is 1. The van der Waals surface area contributed by atoms with Gasteiger partial charge in [0.05, 0.1) is 17.8 Å². The highest BCUT2D eigenvalue weighted by Gasteiger charge is 2.40. The molecule has 168 valence electrons. The van der Waals surface area contributed by atoms with Crippen LogP contribution in [-0.2, 0) is 9.59 Å². The molecule has 4 rings (SSSR count). The Balaban J connectivity index is 1.76. The van der Waals surface area contributed by atoms with E-state index in [1.807, 2.05) is 26.0 Å². The van der Waals surface area contributed by atoms with Gasteiger partial charge in [0.1, 0.15) is 16.4 Å². The Morgan fingerprint density at radius 2 is 1.64 bits per heavy atom. The van der Waals surface area contributed by atoms with Crippen molar-refractivity contribution in [2.75, 3.05) is 17.3 Å². The summed E-state index contributed by atoms with van der Waals surface area (Å²) in [6, 6.07) is 17.8. The lowest BCUT2D eigenvalue weighted by Crippen LogP contribution is -2.33. The molecule has 2 amide bonds. The maximum atomic E-state index is 13.5. The third kappa shape index (κ3) is 4.74. The fourth-order valence-corrected chi connectivity index (χ4v) is 4.81. The average Bonchev–Trinajstić information content (AvgIpc) is 3.00. The van der Waals surface area contributed by atoms with Crippen molar-refractivity contribution >= 4 is 58.2 Å². The van der Waals surface area contributed by atoms with Crippen LogP contribution in [0.15, 0.2) is 76.2 Å².